The largest absolute Gasteiger partial charge is 0.321 e. The summed E-state index contributed by atoms with van der Waals surface area (Å²) < 4.78 is 27.8. The maximum atomic E-state index is 12.6. The molecule has 2 N–H and O–H groups in total. The number of nitrogens with one attached hydrogen (secondary N) is 2. The average Bonchev–Trinajstić information content (AvgIpc) is 2.68. The first-order valence-electron chi connectivity index (χ1n) is 8.31. The molecule has 0 fully saturated rings. The van der Waals surface area contributed by atoms with E-state index in [9.17, 15) is 13.2 Å². The zero-order valence-corrected chi connectivity index (χ0v) is 15.5. The Hall–Kier alpha value is -3.03. The summed E-state index contributed by atoms with van der Waals surface area (Å²) >= 11 is 0. The van der Waals surface area contributed by atoms with Gasteiger partial charge < -0.3 is 5.32 Å². The molecule has 6 nitrogen and oxygen atoms in total. The topological polar surface area (TPSA) is 88.2 Å². The summed E-state index contributed by atoms with van der Waals surface area (Å²) in [7, 11) is -3.75. The zero-order valence-electron chi connectivity index (χ0n) is 14.7. The molecule has 0 aliphatic rings. The van der Waals surface area contributed by atoms with E-state index in [0.29, 0.717) is 16.8 Å². The molecule has 1 aromatic heterocycles. The van der Waals surface area contributed by atoms with E-state index in [1.807, 2.05) is 30.3 Å². The minimum absolute atomic E-state index is 0.0420. The fraction of sp³-hybridized carbons (Fsp3) is 0.100. The highest BCUT2D eigenvalue weighted by atomic mass is 32.2. The van der Waals surface area contributed by atoms with Crippen molar-refractivity contribution < 1.29 is 13.2 Å². The molecular formula is C20H19N3O3S. The number of rotatable bonds is 6. The van der Waals surface area contributed by atoms with Gasteiger partial charge in [-0.25, -0.2) is 13.1 Å². The number of pyridine rings is 1. The monoisotopic (exact) mass is 381 g/mol. The summed E-state index contributed by atoms with van der Waals surface area (Å²) in [5.41, 5.74) is 2.36. The summed E-state index contributed by atoms with van der Waals surface area (Å²) in [6.07, 6.45) is 3.13. The predicted octanol–water partition coefficient (Wildman–Crippen LogP) is 3.12. The number of amides is 1. The molecule has 0 atom stereocenters. The number of hydrogen-bond acceptors (Lipinski definition) is 4. The van der Waals surface area contributed by atoms with Crippen molar-refractivity contribution in [3.63, 3.8) is 0 Å². The number of benzene rings is 2. The Morgan fingerprint density at radius 2 is 1.81 bits per heavy atom. The Labute approximate surface area is 158 Å². The third-order valence-electron chi connectivity index (χ3n) is 3.99. The summed E-state index contributed by atoms with van der Waals surface area (Å²) in [6, 6.07) is 17.1. The van der Waals surface area contributed by atoms with E-state index < -0.39 is 10.0 Å². The number of nitrogens with zero attached hydrogens (tertiary/aromatic N) is 1. The van der Waals surface area contributed by atoms with E-state index in [-0.39, 0.29) is 17.3 Å². The van der Waals surface area contributed by atoms with Crippen molar-refractivity contribution in [3.05, 3.63) is 89.7 Å². The molecule has 1 amide bonds. The normalized spacial score (nSPS) is 11.1. The Kier molecular flexibility index (Phi) is 5.63. The van der Waals surface area contributed by atoms with Gasteiger partial charge in [-0.1, -0.05) is 36.4 Å². The van der Waals surface area contributed by atoms with Gasteiger partial charge in [-0.3, -0.25) is 9.78 Å². The van der Waals surface area contributed by atoms with E-state index in [0.717, 1.165) is 5.56 Å². The average molecular weight is 381 g/mol. The highest BCUT2D eigenvalue weighted by Gasteiger charge is 2.18. The molecule has 0 aliphatic carbocycles. The third kappa shape index (κ3) is 4.78. The van der Waals surface area contributed by atoms with Crippen LogP contribution < -0.4 is 10.0 Å². The van der Waals surface area contributed by atoms with Crippen molar-refractivity contribution in [1.82, 2.24) is 9.71 Å². The van der Waals surface area contributed by atoms with E-state index in [4.69, 9.17) is 0 Å². The molecule has 0 aliphatic heterocycles. The van der Waals surface area contributed by atoms with Crippen LogP contribution >= 0.6 is 0 Å². The second kappa shape index (κ2) is 8.11. The summed E-state index contributed by atoms with van der Waals surface area (Å²) in [5, 5.41) is 2.72. The van der Waals surface area contributed by atoms with Crippen LogP contribution in [0.25, 0.3) is 0 Å². The van der Waals surface area contributed by atoms with Gasteiger partial charge in [0, 0.05) is 18.3 Å². The number of anilines is 1. The molecule has 138 valence electrons. The molecular weight excluding hydrogens is 362 g/mol. The molecule has 1 heterocycles. The lowest BCUT2D eigenvalue weighted by Crippen LogP contribution is -2.24. The van der Waals surface area contributed by atoms with Gasteiger partial charge in [-0.05, 0) is 42.3 Å². The molecule has 0 spiro atoms. The maximum Gasteiger partial charge on any atom is 0.256 e. The fourth-order valence-corrected chi connectivity index (χ4v) is 3.55. The van der Waals surface area contributed by atoms with Gasteiger partial charge >= 0.3 is 0 Å². The minimum atomic E-state index is -3.75. The highest BCUT2D eigenvalue weighted by Crippen LogP contribution is 2.18. The first-order valence-corrected chi connectivity index (χ1v) is 9.80. The van der Waals surface area contributed by atoms with Gasteiger partial charge in [0.1, 0.15) is 0 Å². The lowest BCUT2D eigenvalue weighted by Gasteiger charge is -2.11. The van der Waals surface area contributed by atoms with Crippen LogP contribution in [-0.2, 0) is 16.6 Å². The number of aryl methyl sites for hydroxylation is 1. The van der Waals surface area contributed by atoms with Gasteiger partial charge in [-0.2, -0.15) is 0 Å². The Morgan fingerprint density at radius 3 is 2.52 bits per heavy atom. The number of aromatic nitrogens is 1. The number of sulfonamides is 1. The molecule has 0 radical (unpaired) electrons. The summed E-state index contributed by atoms with van der Waals surface area (Å²) in [6.45, 7) is 1.93. The van der Waals surface area contributed by atoms with Gasteiger partial charge in [0.2, 0.25) is 10.0 Å². The molecule has 0 saturated heterocycles. The van der Waals surface area contributed by atoms with Gasteiger partial charge in [0.05, 0.1) is 16.8 Å². The first kappa shape index (κ1) is 18.8. The van der Waals surface area contributed by atoms with Crippen LogP contribution in [0, 0.1) is 6.92 Å². The third-order valence-corrected chi connectivity index (χ3v) is 5.39. The van der Waals surface area contributed by atoms with Crippen molar-refractivity contribution in [2.24, 2.45) is 0 Å². The maximum absolute atomic E-state index is 12.6. The van der Waals surface area contributed by atoms with Crippen LogP contribution in [0.5, 0.6) is 0 Å². The first-order chi connectivity index (χ1) is 13.0. The van der Waals surface area contributed by atoms with Crippen LogP contribution in [-0.4, -0.2) is 19.3 Å². The lowest BCUT2D eigenvalue weighted by molar-refractivity contribution is 0.102. The predicted molar refractivity (Wildman–Crippen MR) is 104 cm³/mol. The van der Waals surface area contributed by atoms with Crippen LogP contribution in [0.4, 0.5) is 5.69 Å². The van der Waals surface area contributed by atoms with Gasteiger partial charge in [0.15, 0.2) is 0 Å². The Bertz CT molecular complexity index is 1040. The lowest BCUT2D eigenvalue weighted by atomic mass is 10.1. The molecule has 0 unspecified atom stereocenters. The molecule has 0 saturated carbocycles. The summed E-state index contributed by atoms with van der Waals surface area (Å²) in [5.74, 6) is -0.388. The minimum Gasteiger partial charge on any atom is -0.321 e. The smallest absolute Gasteiger partial charge is 0.256 e. The van der Waals surface area contributed by atoms with E-state index >= 15 is 0 Å². The molecule has 0 bridgehead atoms. The number of carbonyl (C=O) groups excluding carboxylic acids is 1. The van der Waals surface area contributed by atoms with Crippen molar-refractivity contribution in [2.45, 2.75) is 18.4 Å². The molecule has 3 aromatic rings. The standard InChI is InChI=1S/C20H19N3O3S/c1-15-9-10-18(27(25,26)22-13-16-6-3-2-4-7-16)12-19(15)20(24)23-17-8-5-11-21-14-17/h2-12,14,22H,13H2,1H3,(H,23,24). The summed E-state index contributed by atoms with van der Waals surface area (Å²) in [4.78, 5) is 16.5. The van der Waals surface area contributed by atoms with Crippen molar-refractivity contribution in [2.75, 3.05) is 5.32 Å². The number of carbonyl (C=O) groups is 1. The Morgan fingerprint density at radius 1 is 1.04 bits per heavy atom. The van der Waals surface area contributed by atoms with Crippen LogP contribution in [0.1, 0.15) is 21.5 Å². The van der Waals surface area contributed by atoms with Gasteiger partial charge in [0.25, 0.3) is 5.91 Å². The second-order valence-corrected chi connectivity index (χ2v) is 7.75. The van der Waals surface area contributed by atoms with Crippen LogP contribution in [0.2, 0.25) is 0 Å². The molecule has 27 heavy (non-hydrogen) atoms. The van der Waals surface area contributed by atoms with Crippen molar-refractivity contribution >= 4 is 21.6 Å². The molecule has 3 rings (SSSR count). The van der Waals surface area contributed by atoms with E-state index in [1.54, 1.807) is 31.3 Å². The SMILES string of the molecule is Cc1ccc(S(=O)(=O)NCc2ccccc2)cc1C(=O)Nc1cccnc1. The second-order valence-electron chi connectivity index (χ2n) is 5.98. The fourth-order valence-electron chi connectivity index (χ4n) is 2.51. The van der Waals surface area contributed by atoms with Crippen molar-refractivity contribution in [1.29, 1.82) is 0 Å². The van der Waals surface area contributed by atoms with E-state index in [2.05, 4.69) is 15.0 Å². The Balaban J connectivity index is 1.80. The zero-order chi connectivity index (χ0) is 19.3. The molecule has 2 aromatic carbocycles. The van der Waals surface area contributed by atoms with Gasteiger partial charge in [-0.15, -0.1) is 0 Å². The van der Waals surface area contributed by atoms with Crippen molar-refractivity contribution in [3.8, 4) is 0 Å². The highest BCUT2D eigenvalue weighted by molar-refractivity contribution is 7.89. The number of hydrogen-bond donors (Lipinski definition) is 2. The van der Waals surface area contributed by atoms with Crippen LogP contribution in [0.15, 0.2) is 78.0 Å². The van der Waals surface area contributed by atoms with E-state index in [1.165, 1.54) is 18.3 Å². The van der Waals surface area contributed by atoms with Crippen LogP contribution in [0.3, 0.4) is 0 Å². The molecule has 7 heteroatoms. The quantitative estimate of drug-likeness (QED) is 0.687.